The topological polar surface area (TPSA) is 30.7 Å². The summed E-state index contributed by atoms with van der Waals surface area (Å²) in [6.07, 6.45) is 5.48. The molecule has 0 radical (unpaired) electrons. The average molecular weight is 279 g/mol. The van der Waals surface area contributed by atoms with Crippen molar-refractivity contribution >= 4 is 21.6 Å². The molecule has 0 spiro atoms. The van der Waals surface area contributed by atoms with E-state index >= 15 is 0 Å². The third kappa shape index (κ3) is 2.92. The summed E-state index contributed by atoms with van der Waals surface area (Å²) in [6.45, 7) is 0. The molecule has 0 bridgehead atoms. The van der Waals surface area contributed by atoms with Crippen LogP contribution in [0.4, 0.5) is 0 Å². The summed E-state index contributed by atoms with van der Waals surface area (Å²) < 4.78 is 3.23. The van der Waals surface area contributed by atoms with Crippen LogP contribution in [0.1, 0.15) is 0 Å². The summed E-state index contributed by atoms with van der Waals surface area (Å²) in [5.74, 6) is 0. The van der Waals surface area contributed by atoms with Gasteiger partial charge < -0.3 is 4.57 Å². The molecule has 2 aromatic heterocycles. The van der Waals surface area contributed by atoms with Gasteiger partial charge in [0.1, 0.15) is 0 Å². The van der Waals surface area contributed by atoms with Gasteiger partial charge in [0.05, 0.1) is 22.1 Å². The largest absolute Gasteiger partial charge is 0.306 e. The van der Waals surface area contributed by atoms with Crippen LogP contribution in [0, 0.1) is 0 Å². The standard InChI is InChI=1S/C9H8N2.C7H5NS/c1-2-4-9(5-3-1)11-7-6-10-8-11;1-2-4-7-6(3-1)8-5-9-7/h1-8H;1-5H. The van der Waals surface area contributed by atoms with Crippen molar-refractivity contribution in [3.63, 3.8) is 0 Å². The van der Waals surface area contributed by atoms with Crippen LogP contribution in [0.25, 0.3) is 15.9 Å². The Hall–Kier alpha value is -2.46. The molecule has 2 heterocycles. The molecule has 4 heteroatoms. The van der Waals surface area contributed by atoms with Crippen LogP contribution < -0.4 is 0 Å². The van der Waals surface area contributed by atoms with Gasteiger partial charge in [-0.1, -0.05) is 30.3 Å². The van der Waals surface area contributed by atoms with Gasteiger partial charge in [-0.05, 0) is 24.3 Å². The summed E-state index contributed by atoms with van der Waals surface area (Å²) in [6, 6.07) is 18.2. The fourth-order valence-electron chi connectivity index (χ4n) is 1.82. The molecule has 0 aliphatic rings. The SMILES string of the molecule is c1ccc(-n2ccnc2)cc1.c1ccc2scnc2c1. The molecule has 4 aromatic rings. The highest BCUT2D eigenvalue weighted by atomic mass is 32.1. The van der Waals surface area contributed by atoms with Crippen molar-refractivity contribution in [1.82, 2.24) is 14.5 Å². The van der Waals surface area contributed by atoms with Gasteiger partial charge in [-0.2, -0.15) is 0 Å². The molecule has 4 rings (SSSR count). The van der Waals surface area contributed by atoms with Crippen LogP contribution in [0.2, 0.25) is 0 Å². The fourth-order valence-corrected chi connectivity index (χ4v) is 2.49. The normalized spacial score (nSPS) is 10.0. The van der Waals surface area contributed by atoms with Crippen molar-refractivity contribution in [2.75, 3.05) is 0 Å². The second-order valence-electron chi connectivity index (χ2n) is 4.13. The first-order chi connectivity index (χ1) is 9.93. The molecule has 0 fully saturated rings. The maximum absolute atomic E-state index is 4.14. The first-order valence-electron chi connectivity index (χ1n) is 6.25. The molecule has 0 amide bonds. The van der Waals surface area contributed by atoms with Crippen LogP contribution in [-0.4, -0.2) is 14.5 Å². The minimum atomic E-state index is 1.10. The highest BCUT2D eigenvalue weighted by Crippen LogP contribution is 2.15. The van der Waals surface area contributed by atoms with Gasteiger partial charge in [0.25, 0.3) is 0 Å². The van der Waals surface area contributed by atoms with Crippen molar-refractivity contribution in [1.29, 1.82) is 0 Å². The molecule has 2 aromatic carbocycles. The molecule has 98 valence electrons. The Bertz CT molecular complexity index is 730. The van der Waals surface area contributed by atoms with Crippen LogP contribution >= 0.6 is 11.3 Å². The van der Waals surface area contributed by atoms with E-state index in [9.17, 15) is 0 Å². The Balaban J connectivity index is 0.000000123. The Morgan fingerprint density at radius 3 is 2.45 bits per heavy atom. The lowest BCUT2D eigenvalue weighted by atomic mass is 10.3. The molecular weight excluding hydrogens is 266 g/mol. The molecule has 20 heavy (non-hydrogen) atoms. The number of hydrogen-bond acceptors (Lipinski definition) is 3. The van der Waals surface area contributed by atoms with Gasteiger partial charge in [-0.15, -0.1) is 11.3 Å². The monoisotopic (exact) mass is 279 g/mol. The number of hydrogen-bond donors (Lipinski definition) is 0. The second kappa shape index (κ2) is 6.12. The molecular formula is C16H13N3S. The summed E-state index contributed by atoms with van der Waals surface area (Å²) in [5, 5.41) is 0. The maximum Gasteiger partial charge on any atom is 0.0991 e. The molecule has 0 atom stereocenters. The number of aromatic nitrogens is 3. The van der Waals surface area contributed by atoms with Crippen LogP contribution in [0.3, 0.4) is 0 Å². The van der Waals surface area contributed by atoms with E-state index in [4.69, 9.17) is 0 Å². The predicted octanol–water partition coefficient (Wildman–Crippen LogP) is 4.17. The quantitative estimate of drug-likeness (QED) is 0.523. The fraction of sp³-hybridized carbons (Fsp3) is 0. The first kappa shape index (κ1) is 12.6. The minimum absolute atomic E-state index is 1.10. The molecule has 0 N–H and O–H groups in total. The van der Waals surface area contributed by atoms with Gasteiger partial charge in [-0.25, -0.2) is 9.97 Å². The summed E-state index contributed by atoms with van der Waals surface area (Å²) in [7, 11) is 0. The van der Waals surface area contributed by atoms with E-state index in [0.717, 1.165) is 11.2 Å². The number of thiazole rings is 1. The molecule has 0 unspecified atom stereocenters. The van der Waals surface area contributed by atoms with E-state index in [1.54, 1.807) is 23.9 Å². The Morgan fingerprint density at radius 2 is 1.70 bits per heavy atom. The first-order valence-corrected chi connectivity index (χ1v) is 7.13. The van der Waals surface area contributed by atoms with Gasteiger partial charge >= 0.3 is 0 Å². The van der Waals surface area contributed by atoms with Gasteiger partial charge in [0, 0.05) is 18.1 Å². The van der Waals surface area contributed by atoms with Crippen LogP contribution in [0.15, 0.2) is 78.8 Å². The third-order valence-corrected chi connectivity index (χ3v) is 3.61. The number of rotatable bonds is 1. The van der Waals surface area contributed by atoms with Gasteiger partial charge in [0.15, 0.2) is 0 Å². The van der Waals surface area contributed by atoms with Gasteiger partial charge in [-0.3, -0.25) is 0 Å². The Kier molecular flexibility index (Phi) is 3.85. The number of imidazole rings is 1. The smallest absolute Gasteiger partial charge is 0.0991 e. The highest BCUT2D eigenvalue weighted by Gasteiger charge is 1.90. The van der Waals surface area contributed by atoms with Crippen molar-refractivity contribution in [3.05, 3.63) is 78.8 Å². The Labute approximate surface area is 121 Å². The molecule has 0 aliphatic carbocycles. The summed E-state index contributed by atoms with van der Waals surface area (Å²) in [4.78, 5) is 8.10. The van der Waals surface area contributed by atoms with Gasteiger partial charge in [0.2, 0.25) is 0 Å². The molecule has 0 saturated heterocycles. The van der Waals surface area contributed by atoms with E-state index in [2.05, 4.69) is 16.0 Å². The number of nitrogens with zero attached hydrogens (tertiary/aromatic N) is 3. The minimum Gasteiger partial charge on any atom is -0.306 e. The summed E-state index contributed by atoms with van der Waals surface area (Å²) >= 11 is 1.68. The van der Waals surface area contributed by atoms with Crippen molar-refractivity contribution in [2.45, 2.75) is 0 Å². The molecule has 0 aliphatic heterocycles. The number of benzene rings is 2. The number of para-hydroxylation sites is 2. The second-order valence-corrected chi connectivity index (χ2v) is 5.01. The zero-order valence-electron chi connectivity index (χ0n) is 10.8. The zero-order chi connectivity index (χ0) is 13.6. The Morgan fingerprint density at radius 1 is 0.900 bits per heavy atom. The van der Waals surface area contributed by atoms with E-state index in [-0.39, 0.29) is 0 Å². The van der Waals surface area contributed by atoms with Crippen molar-refractivity contribution in [3.8, 4) is 5.69 Å². The van der Waals surface area contributed by atoms with E-state index in [0.29, 0.717) is 0 Å². The lowest BCUT2D eigenvalue weighted by Crippen LogP contribution is -1.87. The number of fused-ring (bicyclic) bond motifs is 1. The van der Waals surface area contributed by atoms with Crippen LogP contribution in [-0.2, 0) is 0 Å². The molecule has 3 nitrogen and oxygen atoms in total. The zero-order valence-corrected chi connectivity index (χ0v) is 11.6. The lowest BCUT2D eigenvalue weighted by molar-refractivity contribution is 1.06. The van der Waals surface area contributed by atoms with Crippen molar-refractivity contribution in [2.24, 2.45) is 0 Å². The van der Waals surface area contributed by atoms with E-state index in [1.165, 1.54) is 4.70 Å². The maximum atomic E-state index is 4.14. The lowest BCUT2D eigenvalue weighted by Gasteiger charge is -1.98. The average Bonchev–Trinajstić information content (AvgIpc) is 3.20. The van der Waals surface area contributed by atoms with Crippen LogP contribution in [0.5, 0.6) is 0 Å². The summed E-state index contributed by atoms with van der Waals surface area (Å²) in [5.41, 5.74) is 4.11. The third-order valence-electron chi connectivity index (χ3n) is 2.80. The van der Waals surface area contributed by atoms with E-state index < -0.39 is 0 Å². The van der Waals surface area contributed by atoms with E-state index in [1.807, 2.05) is 64.8 Å². The van der Waals surface area contributed by atoms with Crippen molar-refractivity contribution < 1.29 is 0 Å². The highest BCUT2D eigenvalue weighted by molar-refractivity contribution is 7.16. The molecule has 0 saturated carbocycles. The predicted molar refractivity (Wildman–Crippen MR) is 83.2 cm³/mol.